The number of fused-ring (bicyclic) bond motifs is 2. The van der Waals surface area contributed by atoms with E-state index in [2.05, 4.69) is 22.2 Å². The number of amides is 2. The number of H-pyrrole nitrogens is 1. The maximum Gasteiger partial charge on any atom is 0.251 e. The maximum absolute atomic E-state index is 12.4. The van der Waals surface area contributed by atoms with Crippen molar-refractivity contribution < 1.29 is 9.59 Å². The molecule has 140 valence electrons. The second-order valence-corrected chi connectivity index (χ2v) is 8.89. The van der Waals surface area contributed by atoms with Crippen LogP contribution in [0.3, 0.4) is 0 Å². The molecule has 1 aliphatic carbocycles. The molecule has 1 aliphatic rings. The van der Waals surface area contributed by atoms with Gasteiger partial charge >= 0.3 is 0 Å². The maximum atomic E-state index is 12.4. The number of nitrogens with zero attached hydrogens (tertiary/aromatic N) is 1. The molecule has 0 fully saturated rings. The Kier molecular flexibility index (Phi) is 4.92. The fraction of sp³-hybridized carbons (Fsp3) is 0.316. The van der Waals surface area contributed by atoms with Crippen molar-refractivity contribution >= 4 is 50.9 Å². The molecule has 0 saturated heterocycles. The summed E-state index contributed by atoms with van der Waals surface area (Å²) in [5.41, 5.74) is 8.92. The minimum atomic E-state index is -0.470. The van der Waals surface area contributed by atoms with Crippen molar-refractivity contribution in [2.45, 2.75) is 31.3 Å². The number of aromatic amines is 1. The number of benzene rings is 1. The first-order chi connectivity index (χ1) is 13.0. The Morgan fingerprint density at radius 2 is 2.22 bits per heavy atom. The fourth-order valence-corrected chi connectivity index (χ4v) is 5.51. The summed E-state index contributed by atoms with van der Waals surface area (Å²) in [5, 5.41) is 4.16. The van der Waals surface area contributed by atoms with E-state index < -0.39 is 5.91 Å². The lowest BCUT2D eigenvalue weighted by molar-refractivity contribution is -0.113. The number of anilines is 1. The summed E-state index contributed by atoms with van der Waals surface area (Å²) >= 11 is 2.82. The second kappa shape index (κ2) is 7.36. The van der Waals surface area contributed by atoms with Gasteiger partial charge in [-0.05, 0) is 42.9 Å². The predicted molar refractivity (Wildman–Crippen MR) is 109 cm³/mol. The Hall–Kier alpha value is -2.32. The first-order valence-electron chi connectivity index (χ1n) is 8.83. The first-order valence-corrected chi connectivity index (χ1v) is 10.6. The van der Waals surface area contributed by atoms with Crippen molar-refractivity contribution in [3.8, 4) is 0 Å². The Bertz CT molecular complexity index is 991. The Balaban J connectivity index is 1.47. The van der Waals surface area contributed by atoms with Crippen LogP contribution in [-0.2, 0) is 17.6 Å². The largest absolute Gasteiger partial charge is 0.365 e. The van der Waals surface area contributed by atoms with E-state index in [4.69, 9.17) is 5.73 Å². The Labute approximate surface area is 164 Å². The predicted octanol–water partition coefficient (Wildman–Crippen LogP) is 3.58. The van der Waals surface area contributed by atoms with E-state index in [1.807, 2.05) is 24.3 Å². The molecule has 1 unspecified atom stereocenters. The highest BCUT2D eigenvalue weighted by atomic mass is 32.2. The van der Waals surface area contributed by atoms with Crippen molar-refractivity contribution in [2.24, 2.45) is 11.7 Å². The summed E-state index contributed by atoms with van der Waals surface area (Å²) < 4.78 is 0. The van der Waals surface area contributed by atoms with Crippen molar-refractivity contribution in [2.75, 3.05) is 11.1 Å². The van der Waals surface area contributed by atoms with Crippen molar-refractivity contribution in [3.05, 3.63) is 40.3 Å². The third-order valence-electron chi connectivity index (χ3n) is 4.72. The summed E-state index contributed by atoms with van der Waals surface area (Å²) in [6.07, 6.45) is 2.82. The van der Waals surface area contributed by atoms with Gasteiger partial charge < -0.3 is 16.0 Å². The van der Waals surface area contributed by atoms with E-state index in [1.165, 1.54) is 28.0 Å². The number of carbonyl (C=O) groups is 2. The van der Waals surface area contributed by atoms with Gasteiger partial charge in [-0.2, -0.15) is 0 Å². The van der Waals surface area contributed by atoms with Gasteiger partial charge in [0.1, 0.15) is 5.00 Å². The number of rotatable bonds is 5. The van der Waals surface area contributed by atoms with Crippen LogP contribution in [0.5, 0.6) is 0 Å². The van der Waals surface area contributed by atoms with Crippen LogP contribution in [0.4, 0.5) is 5.00 Å². The lowest BCUT2D eigenvalue weighted by Gasteiger charge is -2.18. The summed E-state index contributed by atoms with van der Waals surface area (Å²) in [6.45, 7) is 2.20. The number of nitrogens with one attached hydrogen (secondary N) is 2. The fourth-order valence-electron chi connectivity index (χ4n) is 3.39. The zero-order valence-electron chi connectivity index (χ0n) is 14.9. The van der Waals surface area contributed by atoms with Crippen molar-refractivity contribution in [1.82, 2.24) is 9.97 Å². The zero-order chi connectivity index (χ0) is 19.0. The summed E-state index contributed by atoms with van der Waals surface area (Å²) in [7, 11) is 0. The number of carbonyl (C=O) groups excluding carboxylic acids is 2. The smallest absolute Gasteiger partial charge is 0.251 e. The Morgan fingerprint density at radius 3 is 3.00 bits per heavy atom. The molecule has 0 aliphatic heterocycles. The van der Waals surface area contributed by atoms with Crippen LogP contribution in [0, 0.1) is 5.92 Å². The molecule has 2 aromatic heterocycles. The highest BCUT2D eigenvalue weighted by Crippen LogP contribution is 2.39. The van der Waals surface area contributed by atoms with Gasteiger partial charge in [0.2, 0.25) is 5.91 Å². The van der Waals surface area contributed by atoms with E-state index >= 15 is 0 Å². The van der Waals surface area contributed by atoms with Gasteiger partial charge in [-0.3, -0.25) is 9.59 Å². The average molecular weight is 401 g/mol. The highest BCUT2D eigenvalue weighted by molar-refractivity contribution is 7.99. The van der Waals surface area contributed by atoms with Crippen LogP contribution in [0.1, 0.15) is 34.1 Å². The van der Waals surface area contributed by atoms with Gasteiger partial charge in [0, 0.05) is 4.88 Å². The molecule has 4 rings (SSSR count). The molecule has 0 saturated carbocycles. The minimum absolute atomic E-state index is 0.172. The number of para-hydroxylation sites is 2. The van der Waals surface area contributed by atoms with E-state index in [0.717, 1.165) is 35.9 Å². The van der Waals surface area contributed by atoms with Crippen LogP contribution in [0.15, 0.2) is 29.4 Å². The normalized spacial score (nSPS) is 16.3. The van der Waals surface area contributed by atoms with E-state index in [1.54, 1.807) is 0 Å². The number of hydrogen-bond donors (Lipinski definition) is 3. The third kappa shape index (κ3) is 3.72. The standard InChI is InChI=1S/C19H20N4O2S2/c1-10-6-7-11-14(8-10)27-18(16(11)17(20)25)23-15(24)9-26-19-21-12-4-2-3-5-13(12)22-19/h2-5,10H,6-9H2,1H3,(H2,20,25)(H,21,22)(H,23,24). The zero-order valence-corrected chi connectivity index (χ0v) is 16.5. The lowest BCUT2D eigenvalue weighted by atomic mass is 9.88. The number of nitrogens with two attached hydrogens (primary N) is 1. The Morgan fingerprint density at radius 1 is 1.41 bits per heavy atom. The van der Waals surface area contributed by atoms with Crippen LogP contribution in [0.25, 0.3) is 11.0 Å². The topological polar surface area (TPSA) is 101 Å². The van der Waals surface area contributed by atoms with Crippen molar-refractivity contribution in [1.29, 1.82) is 0 Å². The van der Waals surface area contributed by atoms with Gasteiger partial charge in [0.25, 0.3) is 5.91 Å². The molecule has 27 heavy (non-hydrogen) atoms. The first kappa shape index (κ1) is 18.1. The van der Waals surface area contributed by atoms with E-state index in [-0.39, 0.29) is 11.7 Å². The van der Waals surface area contributed by atoms with E-state index in [0.29, 0.717) is 21.6 Å². The lowest BCUT2D eigenvalue weighted by Crippen LogP contribution is -2.20. The molecular weight excluding hydrogens is 380 g/mol. The minimum Gasteiger partial charge on any atom is -0.365 e. The van der Waals surface area contributed by atoms with E-state index in [9.17, 15) is 9.59 Å². The van der Waals surface area contributed by atoms with Crippen LogP contribution in [0.2, 0.25) is 0 Å². The second-order valence-electron chi connectivity index (χ2n) is 6.82. The summed E-state index contributed by atoms with van der Waals surface area (Å²) in [5.74, 6) is 0.151. The molecule has 2 amide bonds. The summed E-state index contributed by atoms with van der Waals surface area (Å²) in [4.78, 5) is 33.2. The third-order valence-corrected chi connectivity index (χ3v) is 6.76. The number of primary amides is 1. The molecule has 1 atom stereocenters. The van der Waals surface area contributed by atoms with Gasteiger partial charge in [0.05, 0.1) is 22.3 Å². The number of imidazole rings is 1. The number of hydrogen-bond acceptors (Lipinski definition) is 5. The number of aromatic nitrogens is 2. The average Bonchev–Trinajstić information content (AvgIpc) is 3.19. The molecule has 3 aromatic rings. The van der Waals surface area contributed by atoms with Gasteiger partial charge in [0.15, 0.2) is 5.16 Å². The number of thioether (sulfide) groups is 1. The van der Waals surface area contributed by atoms with Crippen LogP contribution < -0.4 is 11.1 Å². The molecule has 1 aromatic carbocycles. The highest BCUT2D eigenvalue weighted by Gasteiger charge is 2.27. The molecule has 4 N–H and O–H groups in total. The molecular formula is C19H20N4O2S2. The summed E-state index contributed by atoms with van der Waals surface area (Å²) in [6, 6.07) is 7.73. The van der Waals surface area contributed by atoms with Crippen molar-refractivity contribution in [3.63, 3.8) is 0 Å². The van der Waals surface area contributed by atoms with Crippen LogP contribution >= 0.6 is 23.1 Å². The van der Waals surface area contributed by atoms with Crippen LogP contribution in [-0.4, -0.2) is 27.5 Å². The molecule has 0 radical (unpaired) electrons. The van der Waals surface area contributed by atoms with Gasteiger partial charge in [-0.1, -0.05) is 30.8 Å². The monoisotopic (exact) mass is 400 g/mol. The van der Waals surface area contributed by atoms with Gasteiger partial charge in [-0.15, -0.1) is 11.3 Å². The molecule has 0 spiro atoms. The molecule has 8 heteroatoms. The SMILES string of the molecule is CC1CCc2c(sc(NC(=O)CSc3nc4ccccc4[nH]3)c2C(N)=O)C1. The molecule has 6 nitrogen and oxygen atoms in total. The number of thiophene rings is 1. The quantitative estimate of drug-likeness (QED) is 0.570. The van der Waals surface area contributed by atoms with Gasteiger partial charge in [-0.25, -0.2) is 4.98 Å². The molecule has 0 bridgehead atoms. The molecule has 2 heterocycles.